The van der Waals surface area contributed by atoms with Gasteiger partial charge in [-0.15, -0.1) is 46.4 Å². The van der Waals surface area contributed by atoms with E-state index in [4.69, 9.17) is 130 Å². The number of phosphoric acid groups is 1. The maximum atomic E-state index is 15.7. The Kier molecular flexibility index (Phi) is 40.1. The number of rotatable bonds is 36. The van der Waals surface area contributed by atoms with Crippen molar-refractivity contribution in [2.45, 2.75) is 229 Å². The third-order valence-corrected chi connectivity index (χ3v) is 21.1. The molecule has 16 atom stereocenters. The molecule has 0 aromatic rings. The quantitative estimate of drug-likeness (QED) is 0.00589. The summed E-state index contributed by atoms with van der Waals surface area (Å²) >= 11 is 24.0. The highest BCUT2D eigenvalue weighted by Gasteiger charge is 2.63. The number of carbonyl (C=O) groups is 6. The maximum absolute atomic E-state index is 15.7. The zero-order valence-corrected chi connectivity index (χ0v) is 71.1. The van der Waals surface area contributed by atoms with Gasteiger partial charge >= 0.3 is 44.0 Å². The van der Waals surface area contributed by atoms with Crippen molar-refractivity contribution in [2.24, 2.45) is 48.8 Å². The Morgan fingerprint density at radius 1 is 0.496 bits per heavy atom. The van der Waals surface area contributed by atoms with Crippen molar-refractivity contribution in [3.8, 4) is 0 Å². The van der Waals surface area contributed by atoms with Crippen LogP contribution in [0, 0.1) is 5.92 Å². The molecule has 4 fully saturated rings. The fourth-order valence-electron chi connectivity index (χ4n) is 11.5. The minimum atomic E-state index is -4.75. The second kappa shape index (κ2) is 47.0. The van der Waals surface area contributed by atoms with Crippen molar-refractivity contribution in [3.63, 3.8) is 0 Å². The lowest BCUT2D eigenvalue weighted by atomic mass is 9.98. The van der Waals surface area contributed by atoms with E-state index in [1.807, 2.05) is 13.8 Å². The number of nitrogens with two attached hydrogens (primary N) is 4. The zero-order chi connectivity index (χ0) is 89.1. The molecule has 0 amide bonds. The first-order chi connectivity index (χ1) is 56.1. The number of hydrogen-bond acceptors (Lipinski definition) is 37. The van der Waals surface area contributed by atoms with Gasteiger partial charge in [-0.1, -0.05) is 86.6 Å². The van der Waals surface area contributed by atoms with Gasteiger partial charge in [0.1, 0.15) is 88.9 Å². The van der Waals surface area contributed by atoms with Crippen molar-refractivity contribution in [1.29, 1.82) is 0 Å². The summed E-state index contributed by atoms with van der Waals surface area (Å²) in [5.74, 6) is -2.48. The molecule has 0 saturated carbocycles. The molecule has 0 unspecified atom stereocenters. The standard InChI is InChI=1S/C23H35ClFN3O5.C21H32ClFN3O12P.C15H21ClFN3O4.C14H19ClFN3O4/c1-4-6-8-10-18(29)31-15-23(14-24)21(32-19(30)11-9-7-5-2)20(25)22(33-23)28-13-12-17(26)27-16(28)3;1-12(2)36-19(28)31-10-34-39(30,35-11-32-20(29)37-13(3)4)33-9-21(8-22)17(27)16(23)18(38-21)26-7-6-15(24)25-14(26)5;1-8(2)14(22)23-7-15(6-16)12(21)11(17)13(24-15)20-5-4-10(18)19-9(20)3;1-3-10(21)22-12-11(16)13(23-14(12,6-15)7-20)19-5-4-9(17)18-8(19)2/h12-13,20-22H,3-11,14-15H2,1-2H3,(H2,26,27);6-7,12-13,16-18,27H,5,8-11H2,1-4H3,(H2,24,25);4-5,8,11-13,21H,3,6-7H2,1-2H3,(H2,18,19);4-5,11-13,20H,2-3,6-7H2,1H3,(H2,17,18)/t20-,21+,22-,23-;16-,17+,18-,21-;11-,12+,13-,15-;11-,12+,13-,14-/m1111/s1. The first kappa shape index (κ1) is 102. The molecule has 8 rings (SSSR count). The number of halogens is 8. The Hall–Kier alpha value is -7.87. The van der Waals surface area contributed by atoms with E-state index in [9.17, 15) is 57.4 Å². The van der Waals surface area contributed by atoms with Gasteiger partial charge in [-0.25, -0.2) is 60.7 Å². The molecule has 8 aliphatic rings. The van der Waals surface area contributed by atoms with Crippen molar-refractivity contribution in [1.82, 2.24) is 19.6 Å². The molecule has 11 N–H and O–H groups in total. The highest BCUT2D eigenvalue weighted by Crippen LogP contribution is 2.52. The summed E-state index contributed by atoms with van der Waals surface area (Å²) in [6.45, 7) is 25.9. The van der Waals surface area contributed by atoms with E-state index in [0.717, 1.165) is 25.7 Å². The highest BCUT2D eigenvalue weighted by molar-refractivity contribution is 7.48. The number of esters is 4. The third kappa shape index (κ3) is 27.6. The first-order valence-electron chi connectivity index (χ1n) is 37.5. The van der Waals surface area contributed by atoms with Gasteiger partial charge in [-0.05, 0) is 64.8 Å². The predicted octanol–water partition coefficient (Wildman–Crippen LogP) is 8.31. The Morgan fingerprint density at radius 3 is 1.18 bits per heavy atom. The zero-order valence-electron chi connectivity index (χ0n) is 67.2. The smallest absolute Gasteiger partial charge is 0.462 e. The number of aliphatic hydroxyl groups excluding tert-OH is 3. The lowest BCUT2D eigenvalue weighted by Gasteiger charge is -2.33. The minimum Gasteiger partial charge on any atom is -0.462 e. The first-order valence-corrected chi connectivity index (χ1v) is 41.1. The van der Waals surface area contributed by atoms with Crippen molar-refractivity contribution in [3.05, 3.63) is 98.7 Å². The molecule has 8 heterocycles. The Bertz CT molecular complexity index is 3800. The lowest BCUT2D eigenvalue weighted by molar-refractivity contribution is -0.174. The Balaban J connectivity index is 0.000000289. The minimum absolute atomic E-state index is 0.0225. The Labute approximate surface area is 706 Å². The second-order valence-electron chi connectivity index (χ2n) is 28.2. The summed E-state index contributed by atoms with van der Waals surface area (Å²) in [7, 11) is -4.75. The van der Waals surface area contributed by atoms with Crippen LogP contribution in [0.15, 0.2) is 119 Å². The van der Waals surface area contributed by atoms with Gasteiger partial charge in [-0.2, -0.15) is 0 Å². The van der Waals surface area contributed by atoms with Crippen molar-refractivity contribution >= 4 is 114 Å². The number of carbonyl (C=O) groups excluding carboxylic acids is 6. The summed E-state index contributed by atoms with van der Waals surface area (Å²) < 4.78 is 152. The average Bonchev–Trinajstić information content (AvgIpc) is 1.62. The molecule has 119 heavy (non-hydrogen) atoms. The number of aliphatic imine (C=N–C) groups is 4. The van der Waals surface area contributed by atoms with E-state index in [-0.39, 0.29) is 103 Å². The van der Waals surface area contributed by atoms with Crippen molar-refractivity contribution in [2.75, 3.05) is 63.5 Å². The largest absolute Gasteiger partial charge is 0.510 e. The fourth-order valence-corrected chi connectivity index (χ4v) is 13.7. The van der Waals surface area contributed by atoms with Crippen LogP contribution in [0.3, 0.4) is 0 Å². The van der Waals surface area contributed by atoms with Crippen LogP contribution in [-0.4, -0.2) is 267 Å². The number of unbranched alkanes of at least 4 members (excludes halogenated alkanes) is 4. The van der Waals surface area contributed by atoms with Crippen LogP contribution in [0.1, 0.15) is 120 Å². The topological polar surface area (TPSA) is 485 Å². The van der Waals surface area contributed by atoms with Crippen LogP contribution in [-0.2, 0) is 94.2 Å². The van der Waals surface area contributed by atoms with Gasteiger partial charge < -0.3 is 115 Å². The molecule has 0 bridgehead atoms. The number of amidine groups is 4. The molecule has 0 aliphatic carbocycles. The second-order valence-corrected chi connectivity index (χ2v) is 30.9. The van der Waals surface area contributed by atoms with Crippen LogP contribution in [0.2, 0.25) is 0 Å². The van der Waals surface area contributed by atoms with E-state index >= 15 is 8.78 Å². The van der Waals surface area contributed by atoms with E-state index in [1.54, 1.807) is 48.5 Å². The van der Waals surface area contributed by atoms with Crippen LogP contribution in [0.25, 0.3) is 0 Å². The lowest BCUT2D eigenvalue weighted by Crippen LogP contribution is -2.50. The number of hydrogen-bond donors (Lipinski definition) is 7. The average molecular weight is 1800 g/mol. The number of ether oxygens (including phenoxy) is 12. The number of aliphatic hydroxyl groups is 3. The summed E-state index contributed by atoms with van der Waals surface area (Å²) in [6.07, 6.45) is -5.17. The van der Waals surface area contributed by atoms with Gasteiger partial charge in [0.25, 0.3) is 0 Å². The van der Waals surface area contributed by atoms with Gasteiger partial charge in [-0.3, -0.25) is 23.7 Å². The molecule has 0 radical (unpaired) electrons. The molecule has 46 heteroatoms. The number of phosphoric ester groups is 1. The predicted molar refractivity (Wildman–Crippen MR) is 425 cm³/mol. The summed E-state index contributed by atoms with van der Waals surface area (Å²) in [4.78, 5) is 92.0. The number of nitrogens with zero attached hydrogens (tertiary/aromatic N) is 8. The summed E-state index contributed by atoms with van der Waals surface area (Å²) in [6, 6.07) is 0. The summed E-state index contributed by atoms with van der Waals surface area (Å²) in [5, 5.41) is 30.6. The third-order valence-electron chi connectivity index (χ3n) is 18.0. The molecular formula is C73H107Cl4F4N12O25P. The van der Waals surface area contributed by atoms with E-state index in [0.29, 0.717) is 12.8 Å². The van der Waals surface area contributed by atoms with Crippen LogP contribution in [0.5, 0.6) is 0 Å². The monoisotopic (exact) mass is 1800 g/mol. The number of alkyl halides is 8. The SMILES string of the molecule is C=C1N=C(N)C=CN1[C@@H]1O[C@@](CO)(CCl)[C@@H](OC(=O)CC)[C@H]1F.C=C1N=C(N)C=CN1[C@@H]1O[C@](CCl)(COC(=O)C(C)C)[C@@H](O)[C@H]1F.C=C1N=C(N)C=CN1[C@@H]1O[C@](CCl)(COC(=O)CCCCC)[C@@H](OC(=O)CCCCC)[C@H]1F.C=C1N=C(N)C=CN1[C@@H]1O[C@](CCl)(COP(=O)(OCOC(=O)OC(C)C)OCOC(=O)OC(C)C)[C@@H](O)[C@H]1F. The molecule has 37 nitrogen and oxygen atoms in total. The molecule has 0 aromatic carbocycles. The van der Waals surface area contributed by atoms with Gasteiger partial charge in [0.15, 0.2) is 67.4 Å². The molecule has 4 saturated heterocycles. The molecule has 8 aliphatic heterocycles. The van der Waals surface area contributed by atoms with Crippen LogP contribution < -0.4 is 22.9 Å². The van der Waals surface area contributed by atoms with Crippen LogP contribution >= 0.6 is 54.2 Å². The maximum Gasteiger partial charge on any atom is 0.510 e. The molecule has 0 aromatic heterocycles. The fraction of sp³-hybridized carbons (Fsp3) is 0.644. The Morgan fingerprint density at radius 2 is 0.832 bits per heavy atom. The molecule has 670 valence electrons. The highest BCUT2D eigenvalue weighted by atomic mass is 35.5. The van der Waals surface area contributed by atoms with Crippen molar-refractivity contribution < 1.29 is 137 Å². The summed E-state index contributed by atoms with van der Waals surface area (Å²) in [5.41, 5.74) is 15.7. The van der Waals surface area contributed by atoms with E-state index < -0.39 is 185 Å². The van der Waals surface area contributed by atoms with Gasteiger partial charge in [0.05, 0.1) is 54.9 Å². The van der Waals surface area contributed by atoms with E-state index in [2.05, 4.69) is 55.8 Å². The van der Waals surface area contributed by atoms with Gasteiger partial charge in [0.2, 0.25) is 13.6 Å². The molecule has 0 spiro atoms. The molecular weight excluding hydrogens is 1690 g/mol. The van der Waals surface area contributed by atoms with Crippen LogP contribution in [0.4, 0.5) is 27.2 Å². The van der Waals surface area contributed by atoms with E-state index in [1.165, 1.54) is 68.7 Å². The van der Waals surface area contributed by atoms with Gasteiger partial charge in [0, 0.05) is 44.1 Å². The normalized spacial score (nSPS) is 28.9.